The second kappa shape index (κ2) is 5.99. The van der Waals surface area contributed by atoms with Gasteiger partial charge in [0.05, 0.1) is 0 Å². The number of para-hydroxylation sites is 1. The number of ether oxygens (including phenoxy) is 2. The van der Waals surface area contributed by atoms with Crippen LogP contribution in [-0.4, -0.2) is 35.6 Å². The van der Waals surface area contributed by atoms with Gasteiger partial charge in [-0.15, -0.1) is 0 Å². The maximum absolute atomic E-state index is 11.4. The van der Waals surface area contributed by atoms with Crippen molar-refractivity contribution in [2.24, 2.45) is 4.99 Å². The van der Waals surface area contributed by atoms with Crippen LogP contribution in [0.3, 0.4) is 0 Å². The number of nitrogens with zero attached hydrogens (tertiary/aromatic N) is 1. The Morgan fingerprint density at radius 3 is 2.79 bits per heavy atom. The summed E-state index contributed by atoms with van der Waals surface area (Å²) >= 11 is 0. The summed E-state index contributed by atoms with van der Waals surface area (Å²) < 4.78 is 10.3. The molecule has 6 nitrogen and oxygen atoms in total. The van der Waals surface area contributed by atoms with Crippen LogP contribution in [-0.2, 0) is 14.3 Å². The number of hydrogen-bond donors (Lipinski definition) is 1. The number of carboxylic acid groups (broad SMARTS) is 1. The van der Waals surface area contributed by atoms with Crippen LogP contribution in [0.1, 0.15) is 12.8 Å². The number of aliphatic imine (C=N–C) groups is 1. The predicted molar refractivity (Wildman–Crippen MR) is 66.1 cm³/mol. The third-order valence-corrected chi connectivity index (χ3v) is 2.53. The predicted octanol–water partition coefficient (Wildman–Crippen LogP) is 1.25. The molecule has 0 bridgehead atoms. The summed E-state index contributed by atoms with van der Waals surface area (Å²) in [6.07, 6.45) is 0.0269. The van der Waals surface area contributed by atoms with Crippen molar-refractivity contribution >= 4 is 17.8 Å². The quantitative estimate of drug-likeness (QED) is 0.781. The number of carbonyl (C=O) groups is 2. The van der Waals surface area contributed by atoms with Gasteiger partial charge in [0, 0.05) is 6.42 Å². The van der Waals surface area contributed by atoms with E-state index in [4.69, 9.17) is 14.6 Å². The highest BCUT2D eigenvalue weighted by molar-refractivity contribution is 5.98. The maximum atomic E-state index is 11.4. The lowest BCUT2D eigenvalue weighted by Gasteiger charge is -2.04. The van der Waals surface area contributed by atoms with E-state index in [1.165, 1.54) is 0 Å². The Balaban J connectivity index is 1.86. The van der Waals surface area contributed by atoms with Crippen molar-refractivity contribution in [1.29, 1.82) is 0 Å². The molecule has 1 aliphatic rings. The van der Waals surface area contributed by atoms with Gasteiger partial charge in [-0.2, -0.15) is 0 Å². The molecule has 0 saturated carbocycles. The number of hydrogen-bond acceptors (Lipinski definition) is 5. The van der Waals surface area contributed by atoms with Crippen molar-refractivity contribution in [1.82, 2.24) is 0 Å². The molecule has 0 fully saturated rings. The van der Waals surface area contributed by atoms with Gasteiger partial charge in [-0.25, -0.2) is 9.79 Å². The van der Waals surface area contributed by atoms with Crippen molar-refractivity contribution in [3.8, 4) is 5.75 Å². The molecule has 0 aliphatic carbocycles. The van der Waals surface area contributed by atoms with E-state index < -0.39 is 18.0 Å². The van der Waals surface area contributed by atoms with E-state index in [1.807, 2.05) is 18.2 Å². The Labute approximate surface area is 109 Å². The summed E-state index contributed by atoms with van der Waals surface area (Å²) in [7, 11) is 0. The van der Waals surface area contributed by atoms with E-state index in [0.29, 0.717) is 5.75 Å². The van der Waals surface area contributed by atoms with Crippen molar-refractivity contribution in [2.45, 2.75) is 18.9 Å². The highest BCUT2D eigenvalue weighted by Crippen LogP contribution is 2.14. The Bertz CT molecular complexity index is 497. The molecule has 0 saturated heterocycles. The van der Waals surface area contributed by atoms with Crippen molar-refractivity contribution in [3.05, 3.63) is 30.3 Å². The minimum absolute atomic E-state index is 0.0549. The molecule has 100 valence electrons. The molecule has 1 aromatic rings. The average molecular weight is 263 g/mol. The SMILES string of the molecule is O=C(O)CCC1N=C(COc2ccccc2)OC1=O. The van der Waals surface area contributed by atoms with Crippen LogP contribution in [0.15, 0.2) is 35.3 Å². The second-order valence-corrected chi connectivity index (χ2v) is 3.99. The van der Waals surface area contributed by atoms with Gasteiger partial charge in [-0.1, -0.05) is 18.2 Å². The van der Waals surface area contributed by atoms with E-state index in [1.54, 1.807) is 12.1 Å². The number of benzene rings is 1. The Hall–Kier alpha value is -2.37. The third-order valence-electron chi connectivity index (χ3n) is 2.53. The van der Waals surface area contributed by atoms with Gasteiger partial charge in [0.1, 0.15) is 5.75 Å². The first-order chi connectivity index (χ1) is 9.15. The van der Waals surface area contributed by atoms with Gasteiger partial charge >= 0.3 is 11.9 Å². The summed E-state index contributed by atoms with van der Waals surface area (Å²) in [6, 6.07) is 8.34. The fraction of sp³-hybridized carbons (Fsp3) is 0.308. The molecule has 0 spiro atoms. The summed E-state index contributed by atoms with van der Waals surface area (Å²) in [5.74, 6) is -0.649. The minimum atomic E-state index is -0.961. The summed E-state index contributed by atoms with van der Waals surface area (Å²) in [5.41, 5.74) is 0. The standard InChI is InChI=1S/C13H13NO5/c15-12(16)7-6-10-13(17)19-11(14-10)8-18-9-4-2-1-3-5-9/h1-5,10H,6-8H2,(H,15,16). The van der Waals surface area contributed by atoms with Crippen LogP contribution in [0.4, 0.5) is 0 Å². The van der Waals surface area contributed by atoms with Crippen LogP contribution >= 0.6 is 0 Å². The number of carbonyl (C=O) groups excluding carboxylic acids is 1. The zero-order valence-corrected chi connectivity index (χ0v) is 10.1. The highest BCUT2D eigenvalue weighted by atomic mass is 16.6. The molecule has 0 aromatic heterocycles. The van der Waals surface area contributed by atoms with Crippen molar-refractivity contribution in [2.75, 3.05) is 6.61 Å². The monoisotopic (exact) mass is 263 g/mol. The third kappa shape index (κ3) is 3.80. The maximum Gasteiger partial charge on any atom is 0.337 e. The molecule has 1 aliphatic heterocycles. The number of carboxylic acids is 1. The molecular formula is C13H13NO5. The van der Waals surface area contributed by atoms with Crippen molar-refractivity contribution in [3.63, 3.8) is 0 Å². The number of rotatable bonds is 6. The van der Waals surface area contributed by atoms with Gasteiger partial charge in [-0.3, -0.25) is 4.79 Å². The summed E-state index contributed by atoms with van der Waals surface area (Å²) in [5, 5.41) is 8.55. The number of esters is 1. The lowest BCUT2D eigenvalue weighted by atomic mass is 10.2. The Morgan fingerprint density at radius 2 is 2.11 bits per heavy atom. The van der Waals surface area contributed by atoms with Gasteiger partial charge in [0.15, 0.2) is 12.6 Å². The molecular weight excluding hydrogens is 250 g/mol. The molecule has 1 atom stereocenters. The van der Waals surface area contributed by atoms with E-state index in [2.05, 4.69) is 4.99 Å². The van der Waals surface area contributed by atoms with Crippen LogP contribution in [0.2, 0.25) is 0 Å². The largest absolute Gasteiger partial charge is 0.484 e. The van der Waals surface area contributed by atoms with E-state index in [-0.39, 0.29) is 25.3 Å². The second-order valence-electron chi connectivity index (χ2n) is 3.99. The highest BCUT2D eigenvalue weighted by Gasteiger charge is 2.29. The van der Waals surface area contributed by atoms with E-state index in [0.717, 1.165) is 0 Å². The molecule has 0 amide bonds. The van der Waals surface area contributed by atoms with Crippen LogP contribution in [0.25, 0.3) is 0 Å². The van der Waals surface area contributed by atoms with Crippen LogP contribution in [0, 0.1) is 0 Å². The van der Waals surface area contributed by atoms with E-state index in [9.17, 15) is 9.59 Å². The Morgan fingerprint density at radius 1 is 1.37 bits per heavy atom. The summed E-state index contributed by atoms with van der Waals surface area (Å²) in [4.78, 5) is 25.9. The van der Waals surface area contributed by atoms with E-state index >= 15 is 0 Å². The van der Waals surface area contributed by atoms with Gasteiger partial charge < -0.3 is 14.6 Å². The van der Waals surface area contributed by atoms with Gasteiger partial charge in [0.2, 0.25) is 5.90 Å². The van der Waals surface area contributed by atoms with Gasteiger partial charge in [-0.05, 0) is 18.6 Å². The first kappa shape index (κ1) is 13.1. The molecule has 1 heterocycles. The minimum Gasteiger partial charge on any atom is -0.484 e. The fourth-order valence-electron chi connectivity index (χ4n) is 1.61. The smallest absolute Gasteiger partial charge is 0.337 e. The lowest BCUT2D eigenvalue weighted by molar-refractivity contribution is -0.138. The lowest BCUT2D eigenvalue weighted by Crippen LogP contribution is -2.17. The molecule has 19 heavy (non-hydrogen) atoms. The zero-order chi connectivity index (χ0) is 13.7. The molecule has 1 aromatic carbocycles. The number of aliphatic carboxylic acids is 1. The number of cyclic esters (lactones) is 1. The molecule has 1 unspecified atom stereocenters. The molecule has 2 rings (SSSR count). The normalized spacial score (nSPS) is 17.8. The topological polar surface area (TPSA) is 85.2 Å². The first-order valence-corrected chi connectivity index (χ1v) is 5.83. The first-order valence-electron chi connectivity index (χ1n) is 5.83. The fourth-order valence-corrected chi connectivity index (χ4v) is 1.61. The average Bonchev–Trinajstić information content (AvgIpc) is 2.76. The van der Waals surface area contributed by atoms with Gasteiger partial charge in [0.25, 0.3) is 0 Å². The van der Waals surface area contributed by atoms with Crippen LogP contribution < -0.4 is 4.74 Å². The van der Waals surface area contributed by atoms with Crippen LogP contribution in [0.5, 0.6) is 5.75 Å². The molecule has 0 radical (unpaired) electrons. The molecule has 1 N–H and O–H groups in total. The Kier molecular flexibility index (Phi) is 4.12. The molecule has 6 heteroatoms. The zero-order valence-electron chi connectivity index (χ0n) is 10.1. The van der Waals surface area contributed by atoms with Crippen molar-refractivity contribution < 1.29 is 24.2 Å². The summed E-state index contributed by atoms with van der Waals surface area (Å²) in [6.45, 7) is 0.0549.